The minimum atomic E-state index is -3.00. The Morgan fingerprint density at radius 1 is 1.48 bits per heavy atom. The van der Waals surface area contributed by atoms with E-state index in [9.17, 15) is 13.2 Å². The van der Waals surface area contributed by atoms with Crippen LogP contribution in [0.5, 0.6) is 0 Å². The summed E-state index contributed by atoms with van der Waals surface area (Å²) in [7, 11) is -1.20. The van der Waals surface area contributed by atoms with Gasteiger partial charge in [0, 0.05) is 12.7 Å². The van der Waals surface area contributed by atoms with Crippen molar-refractivity contribution in [1.82, 2.24) is 29.9 Å². The van der Waals surface area contributed by atoms with Gasteiger partial charge in [0.1, 0.15) is 6.33 Å². The van der Waals surface area contributed by atoms with Crippen molar-refractivity contribution in [3.05, 3.63) is 29.6 Å². The number of nitrogens with zero attached hydrogens (tertiary/aromatic N) is 5. The summed E-state index contributed by atoms with van der Waals surface area (Å²) in [6, 6.07) is -0.194. The summed E-state index contributed by atoms with van der Waals surface area (Å²) in [5.41, 5.74) is 1.11. The molecule has 9 nitrogen and oxygen atoms in total. The first-order valence-corrected chi connectivity index (χ1v) is 9.05. The van der Waals surface area contributed by atoms with Crippen molar-refractivity contribution in [1.29, 1.82) is 0 Å². The van der Waals surface area contributed by atoms with Gasteiger partial charge in [-0.3, -0.25) is 9.48 Å². The molecule has 0 radical (unpaired) electrons. The first-order chi connectivity index (χ1) is 10.9. The zero-order valence-corrected chi connectivity index (χ0v) is 13.7. The van der Waals surface area contributed by atoms with Crippen molar-refractivity contribution in [3.8, 4) is 0 Å². The van der Waals surface area contributed by atoms with E-state index in [1.807, 2.05) is 0 Å². The molecule has 0 saturated carbocycles. The van der Waals surface area contributed by atoms with Gasteiger partial charge in [-0.05, 0) is 13.3 Å². The molecule has 1 saturated heterocycles. The van der Waals surface area contributed by atoms with Crippen molar-refractivity contribution in [2.24, 2.45) is 7.05 Å². The highest BCUT2D eigenvalue weighted by Gasteiger charge is 2.31. The lowest BCUT2D eigenvalue weighted by molar-refractivity contribution is 0.0948. The zero-order valence-electron chi connectivity index (χ0n) is 12.9. The molecule has 2 aromatic rings. The Balaban J connectivity index is 1.71. The molecule has 3 heterocycles. The Bertz CT molecular complexity index is 838. The zero-order chi connectivity index (χ0) is 16.6. The van der Waals surface area contributed by atoms with E-state index in [-0.39, 0.29) is 30.0 Å². The monoisotopic (exact) mass is 338 g/mol. The highest BCUT2D eigenvalue weighted by Crippen LogP contribution is 2.25. The van der Waals surface area contributed by atoms with Crippen LogP contribution in [0.3, 0.4) is 0 Å². The third-order valence-electron chi connectivity index (χ3n) is 4.06. The maximum atomic E-state index is 12.3. The summed E-state index contributed by atoms with van der Waals surface area (Å²) in [6.45, 7) is 2.03. The standard InChI is InChI=1S/C13H18N6O3S/c1-9-11(13(20)14-6-12-17-15-8-18(12)2)5-16-19(9)10-3-4-23(21,22)7-10/h5,8,10H,3-4,6-7H2,1-2H3,(H,14,20). The number of carbonyl (C=O) groups excluding carboxylic acids is 1. The Labute approximate surface area is 133 Å². The van der Waals surface area contributed by atoms with E-state index in [2.05, 4.69) is 20.6 Å². The number of amides is 1. The first kappa shape index (κ1) is 15.7. The van der Waals surface area contributed by atoms with E-state index in [0.717, 1.165) is 0 Å². The number of nitrogens with one attached hydrogen (secondary N) is 1. The lowest BCUT2D eigenvalue weighted by Gasteiger charge is -2.11. The molecule has 1 aliphatic heterocycles. The lowest BCUT2D eigenvalue weighted by Crippen LogP contribution is -2.25. The van der Waals surface area contributed by atoms with Crippen LogP contribution in [-0.4, -0.2) is 50.4 Å². The maximum Gasteiger partial charge on any atom is 0.255 e. The van der Waals surface area contributed by atoms with Crippen LogP contribution in [0.2, 0.25) is 0 Å². The summed E-state index contributed by atoms with van der Waals surface area (Å²) in [4.78, 5) is 12.3. The average Bonchev–Trinajstić information content (AvgIpc) is 3.16. The predicted octanol–water partition coefficient (Wildman–Crippen LogP) is -0.390. The van der Waals surface area contributed by atoms with Gasteiger partial charge >= 0.3 is 0 Å². The Hall–Kier alpha value is -2.23. The molecule has 0 aromatic carbocycles. The lowest BCUT2D eigenvalue weighted by atomic mass is 10.2. The number of carbonyl (C=O) groups is 1. The molecule has 3 rings (SSSR count). The van der Waals surface area contributed by atoms with Crippen LogP contribution in [0.4, 0.5) is 0 Å². The molecule has 124 valence electrons. The van der Waals surface area contributed by atoms with E-state index in [4.69, 9.17) is 0 Å². The summed E-state index contributed by atoms with van der Waals surface area (Å²) in [5.74, 6) is 0.628. The highest BCUT2D eigenvalue weighted by molar-refractivity contribution is 7.91. The van der Waals surface area contributed by atoms with Gasteiger partial charge in [-0.25, -0.2) is 8.42 Å². The van der Waals surface area contributed by atoms with Gasteiger partial charge in [0.2, 0.25) is 0 Å². The molecule has 1 N–H and O–H groups in total. The van der Waals surface area contributed by atoms with Gasteiger partial charge in [0.15, 0.2) is 15.7 Å². The van der Waals surface area contributed by atoms with Crippen molar-refractivity contribution >= 4 is 15.7 Å². The van der Waals surface area contributed by atoms with Crippen LogP contribution in [0, 0.1) is 6.92 Å². The molecule has 1 amide bonds. The fourth-order valence-corrected chi connectivity index (χ4v) is 4.40. The van der Waals surface area contributed by atoms with Crippen LogP contribution in [0.15, 0.2) is 12.5 Å². The van der Waals surface area contributed by atoms with Crippen LogP contribution >= 0.6 is 0 Å². The number of hydrogen-bond donors (Lipinski definition) is 1. The molecule has 0 bridgehead atoms. The van der Waals surface area contributed by atoms with Crippen molar-refractivity contribution < 1.29 is 13.2 Å². The Kier molecular flexibility index (Phi) is 3.92. The summed E-state index contributed by atoms with van der Waals surface area (Å²) in [6.07, 6.45) is 3.57. The second-order valence-electron chi connectivity index (χ2n) is 5.69. The van der Waals surface area contributed by atoms with Crippen molar-refractivity contribution in [3.63, 3.8) is 0 Å². The fourth-order valence-electron chi connectivity index (χ4n) is 2.70. The molecular weight excluding hydrogens is 320 g/mol. The number of aromatic nitrogens is 5. The minimum Gasteiger partial charge on any atom is -0.345 e. The van der Waals surface area contributed by atoms with Crippen LogP contribution in [-0.2, 0) is 23.4 Å². The number of sulfone groups is 1. The van der Waals surface area contributed by atoms with Crippen molar-refractivity contribution in [2.75, 3.05) is 11.5 Å². The topological polar surface area (TPSA) is 112 Å². The van der Waals surface area contributed by atoms with E-state index < -0.39 is 9.84 Å². The Morgan fingerprint density at radius 3 is 2.87 bits per heavy atom. The number of hydrogen-bond acceptors (Lipinski definition) is 6. The number of aryl methyl sites for hydroxylation is 1. The largest absolute Gasteiger partial charge is 0.345 e. The van der Waals surface area contributed by atoms with Crippen LogP contribution in [0.25, 0.3) is 0 Å². The molecule has 1 atom stereocenters. The maximum absolute atomic E-state index is 12.3. The molecule has 0 spiro atoms. The highest BCUT2D eigenvalue weighted by atomic mass is 32.2. The Morgan fingerprint density at radius 2 is 2.26 bits per heavy atom. The normalized spacial score (nSPS) is 19.8. The van der Waals surface area contributed by atoms with E-state index in [1.165, 1.54) is 6.20 Å². The van der Waals surface area contributed by atoms with Crippen molar-refractivity contribution in [2.45, 2.75) is 25.9 Å². The average molecular weight is 338 g/mol. The van der Waals surface area contributed by atoms with Gasteiger partial charge in [0.25, 0.3) is 5.91 Å². The smallest absolute Gasteiger partial charge is 0.255 e. The molecule has 1 aliphatic rings. The molecule has 1 fully saturated rings. The third-order valence-corrected chi connectivity index (χ3v) is 5.81. The second-order valence-corrected chi connectivity index (χ2v) is 7.91. The summed E-state index contributed by atoms with van der Waals surface area (Å²) in [5, 5.41) is 14.6. The van der Waals surface area contributed by atoms with Gasteiger partial charge in [-0.15, -0.1) is 10.2 Å². The van der Waals surface area contributed by atoms with Crippen LogP contribution < -0.4 is 5.32 Å². The molecule has 0 aliphatic carbocycles. The molecule has 23 heavy (non-hydrogen) atoms. The fraction of sp³-hybridized carbons (Fsp3) is 0.538. The van der Waals surface area contributed by atoms with Gasteiger partial charge in [-0.1, -0.05) is 0 Å². The molecule has 10 heteroatoms. The molecule has 2 aromatic heterocycles. The first-order valence-electron chi connectivity index (χ1n) is 7.23. The van der Waals surface area contributed by atoms with Gasteiger partial charge in [-0.2, -0.15) is 5.10 Å². The molecular formula is C13H18N6O3S. The van der Waals surface area contributed by atoms with E-state index >= 15 is 0 Å². The van der Waals surface area contributed by atoms with Crippen LogP contribution in [0.1, 0.15) is 34.3 Å². The summed E-state index contributed by atoms with van der Waals surface area (Å²) >= 11 is 0. The van der Waals surface area contributed by atoms with Gasteiger partial charge < -0.3 is 9.88 Å². The number of rotatable bonds is 4. The summed E-state index contributed by atoms with van der Waals surface area (Å²) < 4.78 is 26.6. The third kappa shape index (κ3) is 3.11. The predicted molar refractivity (Wildman–Crippen MR) is 81.4 cm³/mol. The van der Waals surface area contributed by atoms with E-state index in [0.29, 0.717) is 23.5 Å². The quantitative estimate of drug-likeness (QED) is 0.812. The SMILES string of the molecule is Cc1c(C(=O)NCc2nncn2C)cnn1C1CCS(=O)(=O)C1. The van der Waals surface area contributed by atoms with E-state index in [1.54, 1.807) is 29.5 Å². The second kappa shape index (κ2) is 5.76. The minimum absolute atomic E-state index is 0.0789. The molecule has 1 unspecified atom stereocenters. The van der Waals surface area contributed by atoms with Gasteiger partial charge in [0.05, 0.1) is 35.9 Å².